The highest BCUT2D eigenvalue weighted by Crippen LogP contribution is 2.51. The van der Waals surface area contributed by atoms with Crippen LogP contribution in [0.4, 0.5) is 0 Å². The van der Waals surface area contributed by atoms with Crippen LogP contribution < -0.4 is 0 Å². The van der Waals surface area contributed by atoms with E-state index in [4.69, 9.17) is 0 Å². The van der Waals surface area contributed by atoms with Crippen molar-refractivity contribution in [1.82, 2.24) is 0 Å². The molecule has 1 aliphatic rings. The molecule has 2 atom stereocenters. The summed E-state index contributed by atoms with van der Waals surface area (Å²) < 4.78 is 0.800. The summed E-state index contributed by atoms with van der Waals surface area (Å²) in [5.74, 6) is 1.83. The smallest absolute Gasteiger partial charge is 0.0629 e. The quantitative estimate of drug-likeness (QED) is 0.524. The molecule has 70 valence electrons. The first-order valence-electron chi connectivity index (χ1n) is 4.60. The molecule has 0 aliphatic heterocycles. The van der Waals surface area contributed by atoms with Crippen LogP contribution >= 0.6 is 45.2 Å². The molecule has 2 rings (SSSR count). The van der Waals surface area contributed by atoms with Crippen molar-refractivity contribution in [3.05, 3.63) is 35.9 Å². The molecule has 1 aliphatic carbocycles. The second kappa shape index (κ2) is 4.47. The Kier molecular flexibility index (Phi) is 3.51. The molecule has 0 heterocycles. The monoisotopic (exact) mass is 398 g/mol. The summed E-state index contributed by atoms with van der Waals surface area (Å²) in [4.78, 5) is 0. The van der Waals surface area contributed by atoms with Gasteiger partial charge in [0.2, 0.25) is 0 Å². The Morgan fingerprint density at radius 1 is 1.23 bits per heavy atom. The van der Waals surface area contributed by atoms with Crippen LogP contribution in [-0.4, -0.2) is 1.93 Å². The van der Waals surface area contributed by atoms with Crippen LogP contribution in [0.25, 0.3) is 0 Å². The minimum absolute atomic E-state index is 0.800. The summed E-state index contributed by atoms with van der Waals surface area (Å²) in [6.45, 7) is 0. The molecule has 2 unspecified atom stereocenters. The Hall–Kier alpha value is 0.680. The van der Waals surface area contributed by atoms with Gasteiger partial charge >= 0.3 is 0 Å². The third-order valence-electron chi connectivity index (χ3n) is 2.63. The van der Waals surface area contributed by atoms with Crippen molar-refractivity contribution in [2.75, 3.05) is 0 Å². The highest BCUT2D eigenvalue weighted by molar-refractivity contribution is 14.2. The predicted octanol–water partition coefficient (Wildman–Crippen LogP) is 4.38. The van der Waals surface area contributed by atoms with Gasteiger partial charge in [0.25, 0.3) is 0 Å². The molecule has 0 radical (unpaired) electrons. The normalized spacial score (nSPS) is 26.4. The summed E-state index contributed by atoms with van der Waals surface area (Å²) >= 11 is 5.03. The molecule has 1 fully saturated rings. The maximum Gasteiger partial charge on any atom is 0.0629 e. The van der Waals surface area contributed by atoms with Gasteiger partial charge < -0.3 is 0 Å². The van der Waals surface area contributed by atoms with E-state index < -0.39 is 0 Å². The predicted molar refractivity (Wildman–Crippen MR) is 73.7 cm³/mol. The zero-order valence-corrected chi connectivity index (χ0v) is 11.6. The van der Waals surface area contributed by atoms with Crippen molar-refractivity contribution >= 4 is 45.2 Å². The number of alkyl halides is 2. The van der Waals surface area contributed by atoms with Crippen molar-refractivity contribution in [1.29, 1.82) is 0 Å². The van der Waals surface area contributed by atoms with E-state index in [1.807, 2.05) is 0 Å². The van der Waals surface area contributed by atoms with Crippen LogP contribution in [-0.2, 0) is 0 Å². The standard InChI is InChI=1S/C11H12I2/c12-11(13)7-9-6-10(9)8-4-2-1-3-5-8/h1-5,9-11H,6-7H2. The lowest BCUT2D eigenvalue weighted by Crippen LogP contribution is -1.89. The van der Waals surface area contributed by atoms with Crippen LogP contribution in [0.5, 0.6) is 0 Å². The average Bonchev–Trinajstić information content (AvgIpc) is 2.84. The molecule has 13 heavy (non-hydrogen) atoms. The SMILES string of the molecule is IC(I)CC1CC1c1ccccc1. The maximum absolute atomic E-state index is 2.51. The van der Waals surface area contributed by atoms with Crippen molar-refractivity contribution in [2.24, 2.45) is 5.92 Å². The van der Waals surface area contributed by atoms with Gasteiger partial charge in [-0.3, -0.25) is 0 Å². The summed E-state index contributed by atoms with van der Waals surface area (Å²) in [6, 6.07) is 10.9. The van der Waals surface area contributed by atoms with Crippen molar-refractivity contribution in [3.8, 4) is 0 Å². The lowest BCUT2D eigenvalue weighted by molar-refractivity contribution is 0.773. The van der Waals surface area contributed by atoms with Crippen LogP contribution in [0, 0.1) is 5.92 Å². The molecule has 0 aromatic heterocycles. The van der Waals surface area contributed by atoms with Gasteiger partial charge in [-0.2, -0.15) is 0 Å². The van der Waals surface area contributed by atoms with E-state index in [2.05, 4.69) is 75.5 Å². The second-order valence-corrected chi connectivity index (χ2v) is 9.03. The lowest BCUT2D eigenvalue weighted by Gasteiger charge is -2.01. The molecular weight excluding hydrogens is 386 g/mol. The summed E-state index contributed by atoms with van der Waals surface area (Å²) in [5, 5.41) is 0. The van der Waals surface area contributed by atoms with Gasteiger partial charge in [-0.15, -0.1) is 0 Å². The Bertz CT molecular complexity index is 269. The molecule has 0 saturated heterocycles. The number of benzene rings is 1. The van der Waals surface area contributed by atoms with E-state index in [0.717, 1.165) is 13.8 Å². The van der Waals surface area contributed by atoms with Gasteiger partial charge in [-0.1, -0.05) is 75.5 Å². The van der Waals surface area contributed by atoms with Gasteiger partial charge in [0.15, 0.2) is 0 Å². The molecule has 1 aromatic carbocycles. The highest BCUT2D eigenvalue weighted by atomic mass is 127. The lowest BCUT2D eigenvalue weighted by atomic mass is 10.1. The van der Waals surface area contributed by atoms with E-state index in [1.165, 1.54) is 12.8 Å². The van der Waals surface area contributed by atoms with Crippen LogP contribution in [0.3, 0.4) is 0 Å². The van der Waals surface area contributed by atoms with Gasteiger partial charge in [0.1, 0.15) is 0 Å². The van der Waals surface area contributed by atoms with E-state index in [0.29, 0.717) is 0 Å². The number of hydrogen-bond acceptors (Lipinski definition) is 0. The minimum Gasteiger partial charge on any atom is -0.0710 e. The third kappa shape index (κ3) is 2.81. The Labute approximate surface area is 107 Å². The van der Waals surface area contributed by atoms with Crippen LogP contribution in [0.2, 0.25) is 0 Å². The first-order valence-corrected chi connectivity index (χ1v) is 7.09. The fourth-order valence-corrected chi connectivity index (χ4v) is 3.15. The Morgan fingerprint density at radius 3 is 2.54 bits per heavy atom. The largest absolute Gasteiger partial charge is 0.0710 e. The average molecular weight is 398 g/mol. The summed E-state index contributed by atoms with van der Waals surface area (Å²) in [5.41, 5.74) is 1.54. The van der Waals surface area contributed by atoms with Gasteiger partial charge in [0.05, 0.1) is 1.93 Å². The van der Waals surface area contributed by atoms with Gasteiger partial charge in [-0.05, 0) is 30.2 Å². The number of hydrogen-bond donors (Lipinski definition) is 0. The molecule has 1 aromatic rings. The topological polar surface area (TPSA) is 0 Å². The first-order chi connectivity index (χ1) is 6.27. The fourth-order valence-electron chi connectivity index (χ4n) is 1.85. The highest BCUT2D eigenvalue weighted by Gasteiger charge is 2.38. The molecular formula is C11H12I2. The third-order valence-corrected chi connectivity index (χ3v) is 3.65. The zero-order chi connectivity index (χ0) is 9.26. The molecule has 0 amide bonds. The van der Waals surface area contributed by atoms with E-state index in [-0.39, 0.29) is 0 Å². The van der Waals surface area contributed by atoms with Crippen molar-refractivity contribution in [3.63, 3.8) is 0 Å². The van der Waals surface area contributed by atoms with Crippen molar-refractivity contribution in [2.45, 2.75) is 20.7 Å². The summed E-state index contributed by atoms with van der Waals surface area (Å²) in [6.07, 6.45) is 2.78. The number of halogens is 2. The van der Waals surface area contributed by atoms with E-state index >= 15 is 0 Å². The number of rotatable bonds is 3. The molecule has 0 N–H and O–H groups in total. The molecule has 0 nitrogen and oxygen atoms in total. The Morgan fingerprint density at radius 2 is 1.92 bits per heavy atom. The van der Waals surface area contributed by atoms with Crippen LogP contribution in [0.1, 0.15) is 24.3 Å². The fraction of sp³-hybridized carbons (Fsp3) is 0.455. The summed E-state index contributed by atoms with van der Waals surface area (Å²) in [7, 11) is 0. The minimum atomic E-state index is 0.800. The van der Waals surface area contributed by atoms with Crippen molar-refractivity contribution < 1.29 is 0 Å². The van der Waals surface area contributed by atoms with Gasteiger partial charge in [0, 0.05) is 0 Å². The van der Waals surface area contributed by atoms with E-state index in [9.17, 15) is 0 Å². The van der Waals surface area contributed by atoms with Crippen LogP contribution in [0.15, 0.2) is 30.3 Å². The molecule has 1 saturated carbocycles. The zero-order valence-electron chi connectivity index (χ0n) is 7.29. The molecule has 0 spiro atoms. The molecule has 0 bridgehead atoms. The van der Waals surface area contributed by atoms with E-state index in [1.54, 1.807) is 5.56 Å². The first kappa shape index (κ1) is 10.2. The maximum atomic E-state index is 2.51. The Balaban J connectivity index is 1.93. The second-order valence-electron chi connectivity index (χ2n) is 3.64. The van der Waals surface area contributed by atoms with Gasteiger partial charge in [-0.25, -0.2) is 0 Å². The molecule has 2 heteroatoms.